The van der Waals surface area contributed by atoms with Gasteiger partial charge in [-0.15, -0.1) is 0 Å². The molecule has 1 aliphatic heterocycles. The first-order valence-corrected chi connectivity index (χ1v) is 8.77. The summed E-state index contributed by atoms with van der Waals surface area (Å²) in [4.78, 5) is 24.7. The molecule has 2 fully saturated rings. The summed E-state index contributed by atoms with van der Waals surface area (Å²) >= 11 is 0. The largest absolute Gasteiger partial charge is 0.481 e. The fourth-order valence-corrected chi connectivity index (χ4v) is 3.81. The van der Waals surface area contributed by atoms with Crippen LogP contribution < -0.4 is 0 Å². The smallest absolute Gasteiger partial charge is 0.307 e. The van der Waals surface area contributed by atoms with Crippen LogP contribution in [0.1, 0.15) is 26.2 Å². The van der Waals surface area contributed by atoms with Crippen LogP contribution in [-0.2, 0) is 19.6 Å². The average molecular weight is 318 g/mol. The van der Waals surface area contributed by atoms with Crippen LogP contribution in [0.15, 0.2) is 0 Å². The molecule has 1 N–H and O–H groups in total. The first-order valence-electron chi connectivity index (χ1n) is 7.16. The molecule has 1 aliphatic carbocycles. The number of carboxylic acids is 1. The van der Waals surface area contributed by atoms with Crippen LogP contribution in [0, 0.1) is 11.3 Å². The second kappa shape index (κ2) is 5.57. The topological polar surface area (TPSA) is 95.0 Å². The molecule has 1 unspecified atom stereocenters. The van der Waals surface area contributed by atoms with E-state index in [1.807, 2.05) is 0 Å². The number of nitrogens with zero attached hydrogens (tertiary/aromatic N) is 2. The number of sulfonamides is 1. The summed E-state index contributed by atoms with van der Waals surface area (Å²) in [5.41, 5.74) is -0.121. The number of carbonyl (C=O) groups is 2. The molecule has 1 amide bonds. The Morgan fingerprint density at radius 1 is 1.33 bits per heavy atom. The zero-order chi connectivity index (χ0) is 15.8. The van der Waals surface area contributed by atoms with Crippen molar-refractivity contribution in [2.75, 3.05) is 32.4 Å². The maximum atomic E-state index is 12.1. The Kier molecular flexibility index (Phi) is 4.30. The predicted octanol–water partition coefficient (Wildman–Crippen LogP) is -0.0188. The fourth-order valence-electron chi connectivity index (χ4n) is 3.06. The second-order valence-corrected chi connectivity index (χ2v) is 8.36. The van der Waals surface area contributed by atoms with Crippen molar-refractivity contribution in [3.8, 4) is 0 Å². The minimum Gasteiger partial charge on any atom is -0.481 e. The molecule has 1 heterocycles. The number of carboxylic acid groups (broad SMARTS) is 1. The number of piperidine rings is 1. The summed E-state index contributed by atoms with van der Waals surface area (Å²) in [5, 5.41) is 9.03. The van der Waals surface area contributed by atoms with Gasteiger partial charge < -0.3 is 10.0 Å². The lowest BCUT2D eigenvalue weighted by atomic mass is 9.91. The molecule has 120 valence electrons. The maximum absolute atomic E-state index is 12.1. The molecule has 0 bridgehead atoms. The zero-order valence-corrected chi connectivity index (χ0v) is 13.2. The Bertz CT molecular complexity index is 537. The normalized spacial score (nSPS) is 24.3. The highest BCUT2D eigenvalue weighted by molar-refractivity contribution is 7.89. The fraction of sp³-hybridized carbons (Fsp3) is 0.846. The molecule has 21 heavy (non-hydrogen) atoms. The molecule has 0 aromatic rings. The van der Waals surface area contributed by atoms with E-state index in [9.17, 15) is 18.0 Å². The number of carbonyl (C=O) groups excluding carboxylic acids is 1. The molecule has 0 aromatic heterocycles. The Morgan fingerprint density at radius 3 is 2.33 bits per heavy atom. The zero-order valence-electron chi connectivity index (χ0n) is 12.4. The molecule has 0 aromatic carbocycles. The predicted molar refractivity (Wildman–Crippen MR) is 76.1 cm³/mol. The van der Waals surface area contributed by atoms with Crippen LogP contribution >= 0.6 is 0 Å². The number of aliphatic carboxylic acids is 1. The van der Waals surface area contributed by atoms with Gasteiger partial charge in [-0.2, -0.15) is 4.31 Å². The molecule has 2 aliphatic rings. The monoisotopic (exact) mass is 318 g/mol. The SMILES string of the molecule is CCS(=O)(=O)N(C)CC(=O)N1CCC2(CC1)CC2C(=O)O. The van der Waals surface area contributed by atoms with Gasteiger partial charge >= 0.3 is 5.97 Å². The lowest BCUT2D eigenvalue weighted by Crippen LogP contribution is -2.45. The molecule has 0 radical (unpaired) electrons. The third-order valence-electron chi connectivity index (χ3n) is 4.80. The van der Waals surface area contributed by atoms with Crippen LogP contribution in [0.3, 0.4) is 0 Å². The quantitative estimate of drug-likeness (QED) is 0.769. The van der Waals surface area contributed by atoms with E-state index in [1.54, 1.807) is 11.8 Å². The molecule has 2 rings (SSSR count). The minimum absolute atomic E-state index is 0.0276. The lowest BCUT2D eigenvalue weighted by molar-refractivity contribution is -0.139. The number of rotatable bonds is 5. The van der Waals surface area contributed by atoms with E-state index in [0.717, 1.165) is 4.31 Å². The molecule has 7 nitrogen and oxygen atoms in total. The van der Waals surface area contributed by atoms with E-state index in [-0.39, 0.29) is 29.5 Å². The van der Waals surface area contributed by atoms with Gasteiger partial charge in [0.2, 0.25) is 15.9 Å². The van der Waals surface area contributed by atoms with Gasteiger partial charge in [-0.1, -0.05) is 0 Å². The summed E-state index contributed by atoms with van der Waals surface area (Å²) in [6.07, 6.45) is 2.09. The highest BCUT2D eigenvalue weighted by Gasteiger charge is 2.59. The Morgan fingerprint density at radius 2 is 1.90 bits per heavy atom. The summed E-state index contributed by atoms with van der Waals surface area (Å²) in [6, 6.07) is 0. The standard InChI is InChI=1S/C13H22N2O5S/c1-3-21(19,20)14(2)9-11(16)15-6-4-13(5-7-15)8-10(13)12(17)18/h10H,3-9H2,1-2H3,(H,17,18). The Hall–Kier alpha value is -1.15. The third kappa shape index (κ3) is 3.21. The highest BCUT2D eigenvalue weighted by Crippen LogP contribution is 2.59. The van der Waals surface area contributed by atoms with Crippen LogP contribution in [0.5, 0.6) is 0 Å². The highest BCUT2D eigenvalue weighted by atomic mass is 32.2. The Balaban J connectivity index is 1.86. The first kappa shape index (κ1) is 16.2. The third-order valence-corrected chi connectivity index (χ3v) is 6.61. The summed E-state index contributed by atoms with van der Waals surface area (Å²) in [7, 11) is -1.95. The van der Waals surface area contributed by atoms with Crippen molar-refractivity contribution in [1.82, 2.24) is 9.21 Å². The summed E-state index contributed by atoms with van der Waals surface area (Å²) in [5.74, 6) is -1.25. The summed E-state index contributed by atoms with van der Waals surface area (Å²) < 4.78 is 24.4. The van der Waals surface area contributed by atoms with Gasteiger partial charge in [-0.05, 0) is 31.6 Å². The van der Waals surface area contributed by atoms with E-state index < -0.39 is 16.0 Å². The molecule has 8 heteroatoms. The lowest BCUT2D eigenvalue weighted by Gasteiger charge is -2.33. The van der Waals surface area contributed by atoms with E-state index in [1.165, 1.54) is 7.05 Å². The van der Waals surface area contributed by atoms with Gasteiger partial charge in [-0.3, -0.25) is 9.59 Å². The molecular weight excluding hydrogens is 296 g/mol. The van der Waals surface area contributed by atoms with Gasteiger partial charge in [0.05, 0.1) is 18.2 Å². The number of likely N-dealkylation sites (N-methyl/N-ethyl adjacent to an activating group) is 1. The van der Waals surface area contributed by atoms with E-state index in [0.29, 0.717) is 32.4 Å². The van der Waals surface area contributed by atoms with Crippen molar-refractivity contribution < 1.29 is 23.1 Å². The van der Waals surface area contributed by atoms with Crippen molar-refractivity contribution in [1.29, 1.82) is 0 Å². The number of amides is 1. The van der Waals surface area contributed by atoms with Crippen molar-refractivity contribution in [2.45, 2.75) is 26.2 Å². The van der Waals surface area contributed by atoms with E-state index in [2.05, 4.69) is 0 Å². The van der Waals surface area contributed by atoms with Gasteiger partial charge in [-0.25, -0.2) is 8.42 Å². The van der Waals surface area contributed by atoms with Crippen molar-refractivity contribution >= 4 is 21.9 Å². The first-order chi connectivity index (χ1) is 9.72. The molecule has 1 saturated carbocycles. The Labute approximate surface area is 125 Å². The number of hydrogen-bond acceptors (Lipinski definition) is 4. The van der Waals surface area contributed by atoms with E-state index in [4.69, 9.17) is 5.11 Å². The van der Waals surface area contributed by atoms with Crippen LogP contribution in [0.4, 0.5) is 0 Å². The molecular formula is C13H22N2O5S. The van der Waals surface area contributed by atoms with Crippen molar-refractivity contribution in [3.63, 3.8) is 0 Å². The van der Waals surface area contributed by atoms with Crippen LogP contribution in [-0.4, -0.2) is 67.0 Å². The summed E-state index contributed by atoms with van der Waals surface area (Å²) in [6.45, 7) is 2.43. The average Bonchev–Trinajstić information content (AvgIpc) is 3.13. The van der Waals surface area contributed by atoms with Crippen molar-refractivity contribution in [2.24, 2.45) is 11.3 Å². The molecule has 1 spiro atoms. The van der Waals surface area contributed by atoms with Gasteiger partial charge in [0, 0.05) is 20.1 Å². The van der Waals surface area contributed by atoms with Gasteiger partial charge in [0.25, 0.3) is 0 Å². The van der Waals surface area contributed by atoms with Crippen LogP contribution in [0.25, 0.3) is 0 Å². The minimum atomic E-state index is -3.35. The van der Waals surface area contributed by atoms with Gasteiger partial charge in [0.1, 0.15) is 0 Å². The van der Waals surface area contributed by atoms with E-state index >= 15 is 0 Å². The number of hydrogen-bond donors (Lipinski definition) is 1. The maximum Gasteiger partial charge on any atom is 0.307 e. The second-order valence-electron chi connectivity index (χ2n) is 5.99. The molecule has 1 saturated heterocycles. The number of likely N-dealkylation sites (tertiary alicyclic amines) is 1. The van der Waals surface area contributed by atoms with Crippen LogP contribution in [0.2, 0.25) is 0 Å². The molecule has 1 atom stereocenters. The van der Waals surface area contributed by atoms with Gasteiger partial charge in [0.15, 0.2) is 0 Å². The van der Waals surface area contributed by atoms with Crippen molar-refractivity contribution in [3.05, 3.63) is 0 Å².